The van der Waals surface area contributed by atoms with Crippen LogP contribution in [0, 0.1) is 0 Å². The van der Waals surface area contributed by atoms with Crippen LogP contribution in [0.1, 0.15) is 49.5 Å². The quantitative estimate of drug-likeness (QED) is 0.564. The van der Waals surface area contributed by atoms with Crippen LogP contribution in [-0.2, 0) is 17.9 Å². The Morgan fingerprint density at radius 2 is 1.65 bits per heavy atom. The molecule has 0 radical (unpaired) electrons. The molecule has 3 aromatic rings. The van der Waals surface area contributed by atoms with Gasteiger partial charge >= 0.3 is 0 Å². The number of nitrogens with zero attached hydrogens (tertiary/aromatic N) is 1. The van der Waals surface area contributed by atoms with E-state index in [9.17, 15) is 19.2 Å². The smallest absolute Gasteiger partial charge is 0.261 e. The lowest BCUT2D eigenvalue weighted by Gasteiger charge is -2.14. The highest BCUT2D eigenvalue weighted by Gasteiger charge is 2.36. The van der Waals surface area contributed by atoms with E-state index in [1.807, 2.05) is 0 Å². The molecule has 1 aliphatic heterocycles. The summed E-state index contributed by atoms with van der Waals surface area (Å²) >= 11 is 0. The van der Waals surface area contributed by atoms with Crippen molar-refractivity contribution in [2.75, 3.05) is 0 Å². The van der Waals surface area contributed by atoms with Crippen molar-refractivity contribution in [1.29, 1.82) is 0 Å². The van der Waals surface area contributed by atoms with Crippen LogP contribution in [0.4, 0.5) is 0 Å². The molecule has 3 heterocycles. The van der Waals surface area contributed by atoms with Crippen LogP contribution < -0.4 is 10.6 Å². The Bertz CT molecular complexity index is 1130. The molecule has 2 N–H and O–H groups in total. The first kappa shape index (κ1) is 20.1. The lowest BCUT2D eigenvalue weighted by molar-refractivity contribution is -0.122. The van der Waals surface area contributed by atoms with Gasteiger partial charge in [0.25, 0.3) is 17.7 Å². The summed E-state index contributed by atoms with van der Waals surface area (Å²) in [5.41, 5.74) is 0.530. The zero-order chi connectivity index (χ0) is 22.0. The molecule has 9 heteroatoms. The monoisotopic (exact) mass is 421 g/mol. The molecule has 1 aromatic carbocycles. The third-order valence-corrected chi connectivity index (χ3v) is 4.88. The third-order valence-electron chi connectivity index (χ3n) is 4.88. The molecule has 0 saturated carbocycles. The number of furan rings is 2. The van der Waals surface area contributed by atoms with Crippen LogP contribution in [0.15, 0.2) is 63.8 Å². The molecule has 1 unspecified atom stereocenters. The number of carbonyl (C=O) groups is 4. The van der Waals surface area contributed by atoms with Crippen molar-refractivity contribution in [2.45, 2.75) is 26.1 Å². The Morgan fingerprint density at radius 3 is 2.32 bits per heavy atom. The van der Waals surface area contributed by atoms with E-state index in [4.69, 9.17) is 8.83 Å². The van der Waals surface area contributed by atoms with Crippen molar-refractivity contribution in [3.63, 3.8) is 0 Å². The summed E-state index contributed by atoms with van der Waals surface area (Å²) in [6.07, 6.45) is 2.96. The molecular weight excluding hydrogens is 402 g/mol. The van der Waals surface area contributed by atoms with Gasteiger partial charge in [-0.15, -0.1) is 0 Å². The Morgan fingerprint density at radius 1 is 0.968 bits per heavy atom. The average Bonchev–Trinajstić information content (AvgIpc) is 3.51. The topological polar surface area (TPSA) is 122 Å². The first-order chi connectivity index (χ1) is 14.9. The van der Waals surface area contributed by atoms with Gasteiger partial charge in [-0.2, -0.15) is 0 Å². The summed E-state index contributed by atoms with van der Waals surface area (Å²) in [6.45, 7) is 1.75. The lowest BCUT2D eigenvalue weighted by atomic mass is 10.0. The van der Waals surface area contributed by atoms with E-state index in [1.165, 1.54) is 30.7 Å². The van der Waals surface area contributed by atoms with E-state index in [0.29, 0.717) is 11.5 Å². The highest BCUT2D eigenvalue weighted by atomic mass is 16.3. The van der Waals surface area contributed by atoms with Crippen molar-refractivity contribution < 1.29 is 28.0 Å². The molecule has 31 heavy (non-hydrogen) atoms. The van der Waals surface area contributed by atoms with E-state index in [-0.39, 0.29) is 35.7 Å². The van der Waals surface area contributed by atoms with Gasteiger partial charge in [0.05, 0.1) is 36.7 Å². The molecule has 2 aromatic heterocycles. The fraction of sp³-hybridized carbons (Fsp3) is 0.182. The summed E-state index contributed by atoms with van der Waals surface area (Å²) in [5.74, 6) is -0.811. The zero-order valence-electron chi connectivity index (χ0n) is 16.6. The van der Waals surface area contributed by atoms with Crippen LogP contribution in [0.2, 0.25) is 0 Å². The third kappa shape index (κ3) is 4.11. The molecular formula is C22H19N3O6. The number of hydrogen-bond donors (Lipinski definition) is 2. The Kier molecular flexibility index (Phi) is 5.40. The fourth-order valence-corrected chi connectivity index (χ4v) is 3.22. The average molecular weight is 421 g/mol. The number of imide groups is 1. The van der Waals surface area contributed by atoms with E-state index < -0.39 is 23.8 Å². The minimum atomic E-state index is -0.816. The first-order valence-electron chi connectivity index (χ1n) is 9.57. The van der Waals surface area contributed by atoms with E-state index in [2.05, 4.69) is 10.6 Å². The molecule has 4 amide bonds. The van der Waals surface area contributed by atoms with Crippen LogP contribution in [0.5, 0.6) is 0 Å². The van der Waals surface area contributed by atoms with Crippen molar-refractivity contribution in [3.8, 4) is 0 Å². The van der Waals surface area contributed by atoms with Gasteiger partial charge in [-0.25, -0.2) is 0 Å². The number of carbonyl (C=O) groups excluding carboxylic acids is 4. The van der Waals surface area contributed by atoms with Gasteiger partial charge in [0, 0.05) is 5.56 Å². The second-order valence-corrected chi connectivity index (χ2v) is 7.03. The minimum absolute atomic E-state index is 0.00769. The fourth-order valence-electron chi connectivity index (χ4n) is 3.22. The van der Waals surface area contributed by atoms with Crippen LogP contribution in [0.25, 0.3) is 0 Å². The molecule has 0 fully saturated rings. The van der Waals surface area contributed by atoms with Gasteiger partial charge in [-0.05, 0) is 49.4 Å². The van der Waals surface area contributed by atoms with Crippen LogP contribution in [0.3, 0.4) is 0 Å². The molecule has 1 aliphatic rings. The summed E-state index contributed by atoms with van der Waals surface area (Å²) in [6, 6.07) is 10.2. The second-order valence-electron chi connectivity index (χ2n) is 7.03. The molecule has 0 bridgehead atoms. The summed E-state index contributed by atoms with van der Waals surface area (Å²) in [5, 5.41) is 5.25. The summed E-state index contributed by atoms with van der Waals surface area (Å²) in [7, 11) is 0. The largest absolute Gasteiger partial charge is 0.467 e. The molecule has 0 spiro atoms. The number of fused-ring (bicyclic) bond motifs is 1. The van der Waals surface area contributed by atoms with Gasteiger partial charge in [0.2, 0.25) is 5.91 Å². The summed E-state index contributed by atoms with van der Waals surface area (Å²) < 4.78 is 10.4. The van der Waals surface area contributed by atoms with Crippen molar-refractivity contribution in [2.24, 2.45) is 0 Å². The molecule has 158 valence electrons. The van der Waals surface area contributed by atoms with Gasteiger partial charge in [-0.1, -0.05) is 0 Å². The predicted octanol–water partition coefficient (Wildman–Crippen LogP) is 2.10. The standard InChI is InChI=1S/C22H19N3O6/c1-13(19(26)23-11-15-4-2-8-30-15)24-20(27)14-6-7-17-18(10-14)22(29)25(21(17)28)12-16-5-3-9-31-16/h2-10,13H,11-12H2,1H3,(H,23,26)(H,24,27). The molecule has 0 aliphatic carbocycles. The first-order valence-corrected chi connectivity index (χ1v) is 9.57. The number of benzene rings is 1. The molecule has 1 atom stereocenters. The number of nitrogens with one attached hydrogen (secondary N) is 2. The Labute approximate surface area is 177 Å². The van der Waals surface area contributed by atoms with Gasteiger partial charge in [-0.3, -0.25) is 24.1 Å². The number of rotatable bonds is 7. The van der Waals surface area contributed by atoms with E-state index >= 15 is 0 Å². The highest BCUT2D eigenvalue weighted by Crippen LogP contribution is 2.25. The minimum Gasteiger partial charge on any atom is -0.467 e. The van der Waals surface area contributed by atoms with Gasteiger partial charge in [0.15, 0.2) is 0 Å². The maximum Gasteiger partial charge on any atom is 0.261 e. The van der Waals surface area contributed by atoms with E-state index in [0.717, 1.165) is 4.90 Å². The maximum absolute atomic E-state index is 12.7. The van der Waals surface area contributed by atoms with Crippen molar-refractivity contribution in [3.05, 3.63) is 83.2 Å². The van der Waals surface area contributed by atoms with Crippen LogP contribution >= 0.6 is 0 Å². The maximum atomic E-state index is 12.7. The van der Waals surface area contributed by atoms with E-state index in [1.54, 1.807) is 31.2 Å². The highest BCUT2D eigenvalue weighted by molar-refractivity contribution is 6.22. The number of hydrogen-bond acceptors (Lipinski definition) is 6. The molecule has 0 saturated heterocycles. The second kappa shape index (κ2) is 8.31. The summed E-state index contributed by atoms with van der Waals surface area (Å²) in [4.78, 5) is 51.1. The zero-order valence-corrected chi connectivity index (χ0v) is 16.6. The SMILES string of the molecule is CC(NC(=O)c1ccc2c(c1)C(=O)N(Cc1ccco1)C2=O)C(=O)NCc1ccco1. The van der Waals surface area contributed by atoms with Crippen LogP contribution in [-0.4, -0.2) is 34.6 Å². The van der Waals surface area contributed by atoms with Gasteiger partial charge in [0.1, 0.15) is 17.6 Å². The molecule has 9 nitrogen and oxygen atoms in total. The van der Waals surface area contributed by atoms with Crippen molar-refractivity contribution in [1.82, 2.24) is 15.5 Å². The Hall–Kier alpha value is -4.14. The van der Waals surface area contributed by atoms with Gasteiger partial charge < -0.3 is 19.5 Å². The Balaban J connectivity index is 1.41. The molecule has 4 rings (SSSR count). The normalized spacial score (nSPS) is 13.8. The number of amides is 4. The lowest BCUT2D eigenvalue weighted by Crippen LogP contribution is -2.44. The van der Waals surface area contributed by atoms with Crippen molar-refractivity contribution >= 4 is 23.6 Å². The predicted molar refractivity (Wildman–Crippen MR) is 107 cm³/mol.